The van der Waals surface area contributed by atoms with Crippen LogP contribution in [0.15, 0.2) is 12.1 Å². The van der Waals surface area contributed by atoms with Crippen molar-refractivity contribution in [3.05, 3.63) is 23.3 Å². The molecule has 1 aromatic rings. The Bertz CT molecular complexity index is 450. The van der Waals surface area contributed by atoms with Crippen molar-refractivity contribution in [1.82, 2.24) is 0 Å². The van der Waals surface area contributed by atoms with Crippen LogP contribution in [0.1, 0.15) is 65.5 Å². The van der Waals surface area contributed by atoms with Crippen LogP contribution in [0.4, 0.5) is 5.69 Å². The molecule has 0 saturated carbocycles. The van der Waals surface area contributed by atoms with E-state index in [1.807, 2.05) is 0 Å². The lowest BCUT2D eigenvalue weighted by Gasteiger charge is -2.30. The lowest BCUT2D eigenvalue weighted by Crippen LogP contribution is -2.22. The minimum atomic E-state index is -0.0418. The van der Waals surface area contributed by atoms with Gasteiger partial charge >= 0.3 is 0 Å². The fourth-order valence-corrected chi connectivity index (χ4v) is 2.92. The molecule has 1 aliphatic heterocycles. The Morgan fingerprint density at radius 3 is 1.60 bits per heavy atom. The summed E-state index contributed by atoms with van der Waals surface area (Å²) in [4.78, 5) is 2.45. The van der Waals surface area contributed by atoms with E-state index in [0.29, 0.717) is 5.75 Å². The SMILES string of the molecule is CC(C)(C)c1cc(N2CCCC2)cc(C(C)(C)C)c1O. The summed E-state index contributed by atoms with van der Waals surface area (Å²) < 4.78 is 0. The second kappa shape index (κ2) is 4.98. The van der Waals surface area contributed by atoms with Gasteiger partial charge in [-0.3, -0.25) is 0 Å². The van der Waals surface area contributed by atoms with Crippen LogP contribution in [0.3, 0.4) is 0 Å². The monoisotopic (exact) mass is 275 g/mol. The van der Waals surface area contributed by atoms with E-state index in [-0.39, 0.29) is 10.8 Å². The highest BCUT2D eigenvalue weighted by atomic mass is 16.3. The molecule has 1 N–H and O–H groups in total. The zero-order valence-corrected chi connectivity index (χ0v) is 13.9. The molecule has 2 heteroatoms. The van der Waals surface area contributed by atoms with Gasteiger partial charge in [-0.05, 0) is 35.8 Å². The van der Waals surface area contributed by atoms with E-state index < -0.39 is 0 Å². The van der Waals surface area contributed by atoms with Crippen LogP contribution in [0.25, 0.3) is 0 Å². The third-order valence-corrected chi connectivity index (χ3v) is 4.18. The third-order valence-electron chi connectivity index (χ3n) is 4.18. The molecule has 112 valence electrons. The molecule has 2 nitrogen and oxygen atoms in total. The van der Waals surface area contributed by atoms with Crippen molar-refractivity contribution in [2.75, 3.05) is 18.0 Å². The van der Waals surface area contributed by atoms with Gasteiger partial charge in [0.05, 0.1) is 0 Å². The van der Waals surface area contributed by atoms with Crippen LogP contribution in [0.2, 0.25) is 0 Å². The summed E-state index contributed by atoms with van der Waals surface area (Å²) in [6.07, 6.45) is 2.55. The number of nitrogens with zero attached hydrogens (tertiary/aromatic N) is 1. The Morgan fingerprint density at radius 2 is 1.25 bits per heavy atom. The fraction of sp³-hybridized carbons (Fsp3) is 0.667. The number of hydrogen-bond donors (Lipinski definition) is 1. The summed E-state index contributed by atoms with van der Waals surface area (Å²) in [5.41, 5.74) is 3.31. The topological polar surface area (TPSA) is 23.5 Å². The normalized spacial score (nSPS) is 16.8. The summed E-state index contributed by atoms with van der Waals surface area (Å²) in [6.45, 7) is 15.3. The van der Waals surface area contributed by atoms with Crippen LogP contribution >= 0.6 is 0 Å². The lowest BCUT2D eigenvalue weighted by atomic mass is 9.79. The maximum atomic E-state index is 10.7. The van der Waals surface area contributed by atoms with Crippen molar-refractivity contribution < 1.29 is 5.11 Å². The Kier molecular flexibility index (Phi) is 3.79. The van der Waals surface area contributed by atoms with Crippen molar-refractivity contribution in [2.45, 2.75) is 65.2 Å². The number of aromatic hydroxyl groups is 1. The summed E-state index contributed by atoms with van der Waals surface area (Å²) in [5.74, 6) is 0.480. The average Bonchev–Trinajstić information content (AvgIpc) is 2.79. The molecule has 1 aromatic carbocycles. The second-order valence-electron chi connectivity index (χ2n) is 8.08. The summed E-state index contributed by atoms with van der Waals surface area (Å²) >= 11 is 0. The van der Waals surface area contributed by atoms with Crippen molar-refractivity contribution in [3.63, 3.8) is 0 Å². The van der Waals surface area contributed by atoms with Gasteiger partial charge < -0.3 is 10.0 Å². The number of rotatable bonds is 1. The minimum Gasteiger partial charge on any atom is -0.507 e. The van der Waals surface area contributed by atoms with Crippen LogP contribution < -0.4 is 4.90 Å². The molecule has 1 heterocycles. The van der Waals surface area contributed by atoms with E-state index in [2.05, 4.69) is 58.6 Å². The van der Waals surface area contributed by atoms with Crippen molar-refractivity contribution in [3.8, 4) is 5.75 Å². The van der Waals surface area contributed by atoms with Gasteiger partial charge in [0.2, 0.25) is 0 Å². The zero-order chi connectivity index (χ0) is 15.1. The predicted octanol–water partition coefficient (Wildman–Crippen LogP) is 4.59. The first-order valence-electron chi connectivity index (χ1n) is 7.73. The molecule has 0 radical (unpaired) electrons. The standard InChI is InChI=1S/C18H29NO/c1-17(2,3)14-11-13(19-9-7-8-10-19)12-15(16(14)20)18(4,5)6/h11-12,20H,7-10H2,1-6H3. The summed E-state index contributed by atoms with van der Waals surface area (Å²) in [6, 6.07) is 4.38. The number of benzene rings is 1. The fourth-order valence-electron chi connectivity index (χ4n) is 2.92. The predicted molar refractivity (Wildman–Crippen MR) is 87.0 cm³/mol. The Hall–Kier alpha value is -1.18. The largest absolute Gasteiger partial charge is 0.507 e. The number of phenols is 1. The molecule has 0 aromatic heterocycles. The number of anilines is 1. The highest BCUT2D eigenvalue weighted by Crippen LogP contribution is 2.42. The highest BCUT2D eigenvalue weighted by molar-refractivity contribution is 5.60. The molecular weight excluding hydrogens is 246 g/mol. The molecule has 1 saturated heterocycles. The van der Waals surface area contributed by atoms with Gasteiger partial charge in [-0.15, -0.1) is 0 Å². The van der Waals surface area contributed by atoms with Crippen molar-refractivity contribution >= 4 is 5.69 Å². The molecule has 1 aliphatic rings. The van der Waals surface area contributed by atoms with Crippen LogP contribution in [-0.2, 0) is 10.8 Å². The minimum absolute atomic E-state index is 0.0418. The van der Waals surface area contributed by atoms with Crippen LogP contribution in [0, 0.1) is 0 Å². The van der Waals surface area contributed by atoms with Gasteiger partial charge in [0, 0.05) is 29.9 Å². The third kappa shape index (κ3) is 2.94. The maximum absolute atomic E-state index is 10.7. The molecule has 20 heavy (non-hydrogen) atoms. The second-order valence-corrected chi connectivity index (χ2v) is 8.08. The molecule has 0 spiro atoms. The molecule has 2 rings (SSSR count). The van der Waals surface area contributed by atoms with Crippen LogP contribution in [-0.4, -0.2) is 18.2 Å². The molecule has 0 bridgehead atoms. The van der Waals surface area contributed by atoms with Gasteiger partial charge in [0.1, 0.15) is 5.75 Å². The smallest absolute Gasteiger partial charge is 0.123 e. The van der Waals surface area contributed by atoms with E-state index >= 15 is 0 Å². The first-order chi connectivity index (χ1) is 9.10. The first kappa shape index (κ1) is 15.2. The van der Waals surface area contributed by atoms with Crippen molar-refractivity contribution in [1.29, 1.82) is 0 Å². The quantitative estimate of drug-likeness (QED) is 0.810. The van der Waals surface area contributed by atoms with Gasteiger partial charge in [0.15, 0.2) is 0 Å². The molecule has 0 atom stereocenters. The molecule has 0 aliphatic carbocycles. The van der Waals surface area contributed by atoms with E-state index in [1.165, 1.54) is 18.5 Å². The van der Waals surface area contributed by atoms with E-state index in [4.69, 9.17) is 0 Å². The van der Waals surface area contributed by atoms with Gasteiger partial charge in [-0.2, -0.15) is 0 Å². The Morgan fingerprint density at radius 1 is 0.850 bits per heavy atom. The number of phenolic OH excluding ortho intramolecular Hbond substituents is 1. The van der Waals surface area contributed by atoms with Gasteiger partial charge in [-0.25, -0.2) is 0 Å². The Balaban J connectivity index is 2.60. The molecular formula is C18H29NO. The van der Waals surface area contributed by atoms with Gasteiger partial charge in [-0.1, -0.05) is 41.5 Å². The first-order valence-corrected chi connectivity index (χ1v) is 7.73. The van der Waals surface area contributed by atoms with Gasteiger partial charge in [0.25, 0.3) is 0 Å². The Labute approximate surface area is 123 Å². The summed E-state index contributed by atoms with van der Waals surface area (Å²) in [7, 11) is 0. The average molecular weight is 275 g/mol. The van der Waals surface area contributed by atoms with Crippen LogP contribution in [0.5, 0.6) is 5.75 Å². The number of hydrogen-bond acceptors (Lipinski definition) is 2. The molecule has 1 fully saturated rings. The van der Waals surface area contributed by atoms with Crippen molar-refractivity contribution in [2.24, 2.45) is 0 Å². The summed E-state index contributed by atoms with van der Waals surface area (Å²) in [5, 5.41) is 10.7. The zero-order valence-electron chi connectivity index (χ0n) is 13.9. The maximum Gasteiger partial charge on any atom is 0.123 e. The van der Waals surface area contributed by atoms with E-state index in [1.54, 1.807) is 0 Å². The van der Waals surface area contributed by atoms with E-state index in [9.17, 15) is 5.11 Å². The van der Waals surface area contributed by atoms with E-state index in [0.717, 1.165) is 24.2 Å². The lowest BCUT2D eigenvalue weighted by molar-refractivity contribution is 0.423. The molecule has 0 amide bonds. The molecule has 0 unspecified atom stereocenters. The highest BCUT2D eigenvalue weighted by Gasteiger charge is 2.28.